The molecule has 15 heavy (non-hydrogen) atoms. The van der Waals surface area contributed by atoms with E-state index in [4.69, 9.17) is 16.1 Å². The maximum absolute atomic E-state index is 11.8. The van der Waals surface area contributed by atoms with Crippen LogP contribution in [0.5, 0.6) is 0 Å². The standard InChI is InChI=1S/C11H8ClNO2/c1-7-6-10(13-15-7)11(14)8-2-4-9(12)5-3-8/h2-6H,1H3. The third-order valence-corrected chi connectivity index (χ3v) is 2.22. The number of hydrogen-bond donors (Lipinski definition) is 0. The van der Waals surface area contributed by atoms with Gasteiger partial charge in [-0.05, 0) is 31.2 Å². The molecule has 3 nitrogen and oxygen atoms in total. The molecule has 0 spiro atoms. The van der Waals surface area contributed by atoms with Crippen molar-refractivity contribution in [1.82, 2.24) is 5.16 Å². The Morgan fingerprint density at radius 3 is 2.53 bits per heavy atom. The number of benzene rings is 1. The Labute approximate surface area is 91.6 Å². The number of hydrogen-bond acceptors (Lipinski definition) is 3. The van der Waals surface area contributed by atoms with Crippen LogP contribution >= 0.6 is 11.6 Å². The molecule has 0 atom stereocenters. The van der Waals surface area contributed by atoms with Crippen molar-refractivity contribution in [3.63, 3.8) is 0 Å². The molecule has 1 aromatic carbocycles. The highest BCUT2D eigenvalue weighted by Crippen LogP contribution is 2.13. The Kier molecular flexibility index (Phi) is 2.56. The molecule has 0 saturated heterocycles. The zero-order chi connectivity index (χ0) is 10.8. The van der Waals surface area contributed by atoms with Crippen LogP contribution in [-0.4, -0.2) is 10.9 Å². The lowest BCUT2D eigenvalue weighted by atomic mass is 10.1. The predicted molar refractivity (Wildman–Crippen MR) is 56.1 cm³/mol. The minimum atomic E-state index is -0.163. The number of aryl methyl sites for hydroxylation is 1. The molecule has 0 amide bonds. The van der Waals surface area contributed by atoms with E-state index in [0.29, 0.717) is 22.0 Å². The molecule has 2 rings (SSSR count). The van der Waals surface area contributed by atoms with Gasteiger partial charge in [0, 0.05) is 16.7 Å². The van der Waals surface area contributed by atoms with Gasteiger partial charge in [-0.15, -0.1) is 0 Å². The summed E-state index contributed by atoms with van der Waals surface area (Å²) in [4.78, 5) is 11.8. The second-order valence-corrected chi connectivity index (χ2v) is 3.60. The smallest absolute Gasteiger partial charge is 0.214 e. The monoisotopic (exact) mass is 221 g/mol. The van der Waals surface area contributed by atoms with Crippen molar-refractivity contribution in [2.45, 2.75) is 6.92 Å². The molecule has 0 aliphatic carbocycles. The minimum absolute atomic E-state index is 0.163. The van der Waals surface area contributed by atoms with Gasteiger partial charge in [0.1, 0.15) is 5.76 Å². The highest BCUT2D eigenvalue weighted by Gasteiger charge is 2.12. The first-order valence-electron chi connectivity index (χ1n) is 4.40. The average molecular weight is 222 g/mol. The van der Waals surface area contributed by atoms with E-state index in [-0.39, 0.29) is 5.78 Å². The summed E-state index contributed by atoms with van der Waals surface area (Å²) in [7, 11) is 0. The Balaban J connectivity index is 2.32. The molecular weight excluding hydrogens is 214 g/mol. The third-order valence-electron chi connectivity index (χ3n) is 1.97. The first-order valence-corrected chi connectivity index (χ1v) is 4.78. The fraction of sp³-hybridized carbons (Fsp3) is 0.0909. The van der Waals surface area contributed by atoms with Gasteiger partial charge >= 0.3 is 0 Å². The summed E-state index contributed by atoms with van der Waals surface area (Å²) in [6, 6.07) is 8.27. The second-order valence-electron chi connectivity index (χ2n) is 3.16. The van der Waals surface area contributed by atoms with Gasteiger partial charge in [0.2, 0.25) is 5.78 Å². The summed E-state index contributed by atoms with van der Waals surface area (Å²) >= 11 is 5.72. The fourth-order valence-electron chi connectivity index (χ4n) is 1.22. The summed E-state index contributed by atoms with van der Waals surface area (Å²) in [6.45, 7) is 1.74. The first kappa shape index (κ1) is 9.93. The molecule has 0 unspecified atom stereocenters. The minimum Gasteiger partial charge on any atom is -0.361 e. The molecule has 76 valence electrons. The summed E-state index contributed by atoms with van der Waals surface area (Å²) in [5, 5.41) is 4.26. The van der Waals surface area contributed by atoms with Crippen molar-refractivity contribution in [3.05, 3.63) is 52.4 Å². The normalized spacial score (nSPS) is 10.3. The highest BCUT2D eigenvalue weighted by atomic mass is 35.5. The largest absolute Gasteiger partial charge is 0.361 e. The van der Waals surface area contributed by atoms with E-state index in [0.717, 1.165) is 0 Å². The van der Waals surface area contributed by atoms with Gasteiger partial charge in [0.25, 0.3) is 0 Å². The van der Waals surface area contributed by atoms with Crippen LogP contribution in [0.3, 0.4) is 0 Å². The molecule has 0 fully saturated rings. The van der Waals surface area contributed by atoms with Gasteiger partial charge in [-0.1, -0.05) is 16.8 Å². The van der Waals surface area contributed by atoms with Crippen molar-refractivity contribution in [2.24, 2.45) is 0 Å². The van der Waals surface area contributed by atoms with Crippen LogP contribution in [0.1, 0.15) is 21.8 Å². The molecule has 0 saturated carbocycles. The van der Waals surface area contributed by atoms with Crippen LogP contribution in [-0.2, 0) is 0 Å². The Morgan fingerprint density at radius 2 is 2.00 bits per heavy atom. The highest BCUT2D eigenvalue weighted by molar-refractivity contribution is 6.30. The molecule has 0 N–H and O–H groups in total. The molecule has 1 heterocycles. The Morgan fingerprint density at radius 1 is 1.33 bits per heavy atom. The van der Waals surface area contributed by atoms with E-state index in [1.54, 1.807) is 37.3 Å². The summed E-state index contributed by atoms with van der Waals surface area (Å²) in [6.07, 6.45) is 0. The molecule has 4 heteroatoms. The number of nitrogens with zero attached hydrogens (tertiary/aromatic N) is 1. The molecular formula is C11H8ClNO2. The van der Waals surface area contributed by atoms with Crippen molar-refractivity contribution in [1.29, 1.82) is 0 Å². The number of carbonyl (C=O) groups is 1. The SMILES string of the molecule is Cc1cc(C(=O)c2ccc(Cl)cc2)no1. The van der Waals surface area contributed by atoms with Gasteiger partial charge in [-0.2, -0.15) is 0 Å². The van der Waals surface area contributed by atoms with Crippen LogP contribution in [0.25, 0.3) is 0 Å². The molecule has 0 aliphatic heterocycles. The van der Waals surface area contributed by atoms with Crippen molar-refractivity contribution in [2.75, 3.05) is 0 Å². The maximum Gasteiger partial charge on any atom is 0.214 e. The molecule has 1 aromatic heterocycles. The lowest BCUT2D eigenvalue weighted by Crippen LogP contribution is -2.00. The predicted octanol–water partition coefficient (Wildman–Crippen LogP) is 2.87. The van der Waals surface area contributed by atoms with E-state index in [1.165, 1.54) is 0 Å². The molecule has 0 bridgehead atoms. The van der Waals surface area contributed by atoms with Crippen LogP contribution in [0.4, 0.5) is 0 Å². The van der Waals surface area contributed by atoms with E-state index in [9.17, 15) is 4.79 Å². The average Bonchev–Trinajstić information content (AvgIpc) is 2.65. The first-order chi connectivity index (χ1) is 7.16. The number of halogens is 1. The van der Waals surface area contributed by atoms with Gasteiger partial charge in [-0.25, -0.2) is 0 Å². The lowest BCUT2D eigenvalue weighted by molar-refractivity contribution is 0.103. The summed E-state index contributed by atoms with van der Waals surface area (Å²) in [5.41, 5.74) is 0.863. The Hall–Kier alpha value is -1.61. The zero-order valence-corrected chi connectivity index (χ0v) is 8.78. The van der Waals surface area contributed by atoms with Gasteiger partial charge in [0.15, 0.2) is 5.69 Å². The maximum atomic E-state index is 11.8. The number of ketones is 1. The van der Waals surface area contributed by atoms with Crippen molar-refractivity contribution in [3.8, 4) is 0 Å². The van der Waals surface area contributed by atoms with Crippen LogP contribution < -0.4 is 0 Å². The number of rotatable bonds is 2. The van der Waals surface area contributed by atoms with Crippen LogP contribution in [0.2, 0.25) is 5.02 Å². The number of carbonyl (C=O) groups excluding carboxylic acids is 1. The van der Waals surface area contributed by atoms with E-state index < -0.39 is 0 Å². The van der Waals surface area contributed by atoms with Gasteiger partial charge in [0.05, 0.1) is 0 Å². The number of aromatic nitrogens is 1. The van der Waals surface area contributed by atoms with Gasteiger partial charge in [-0.3, -0.25) is 4.79 Å². The van der Waals surface area contributed by atoms with E-state index in [1.807, 2.05) is 0 Å². The molecule has 0 radical (unpaired) electrons. The van der Waals surface area contributed by atoms with Crippen LogP contribution in [0, 0.1) is 6.92 Å². The molecule has 0 aliphatic rings. The van der Waals surface area contributed by atoms with Crippen LogP contribution in [0.15, 0.2) is 34.9 Å². The summed E-state index contributed by atoms with van der Waals surface area (Å²) in [5.74, 6) is 0.454. The lowest BCUT2D eigenvalue weighted by Gasteiger charge is -1.96. The topological polar surface area (TPSA) is 43.1 Å². The second kappa shape index (κ2) is 3.87. The van der Waals surface area contributed by atoms with E-state index in [2.05, 4.69) is 5.16 Å². The van der Waals surface area contributed by atoms with Gasteiger partial charge < -0.3 is 4.52 Å². The quantitative estimate of drug-likeness (QED) is 0.733. The van der Waals surface area contributed by atoms with Crippen molar-refractivity contribution >= 4 is 17.4 Å². The Bertz CT molecular complexity index is 488. The summed E-state index contributed by atoms with van der Waals surface area (Å²) < 4.78 is 4.83. The third kappa shape index (κ3) is 2.07. The fourth-order valence-corrected chi connectivity index (χ4v) is 1.35. The van der Waals surface area contributed by atoms with Crippen molar-refractivity contribution < 1.29 is 9.32 Å². The zero-order valence-electron chi connectivity index (χ0n) is 8.03. The van der Waals surface area contributed by atoms with E-state index >= 15 is 0 Å². The molecule has 2 aromatic rings.